The number of hydrogen-bond acceptors (Lipinski definition) is 3. The average molecular weight is 158 g/mol. The van der Waals surface area contributed by atoms with Gasteiger partial charge in [-0.25, -0.2) is 0 Å². The highest BCUT2D eigenvalue weighted by Gasteiger charge is 2.39. The van der Waals surface area contributed by atoms with Crippen molar-refractivity contribution in [2.45, 2.75) is 25.2 Å². The van der Waals surface area contributed by atoms with Crippen LogP contribution in [0.5, 0.6) is 0 Å². The minimum Gasteiger partial charge on any atom is -0.379 e. The topological polar surface area (TPSA) is 27.7 Å². The lowest BCUT2D eigenvalue weighted by Gasteiger charge is -2.26. The van der Waals surface area contributed by atoms with Crippen molar-refractivity contribution in [1.82, 2.24) is 0 Å². The van der Waals surface area contributed by atoms with Crippen LogP contribution in [0.2, 0.25) is 0 Å². The minimum absolute atomic E-state index is 0.0219. The number of fused-ring (bicyclic) bond motifs is 1. The van der Waals surface area contributed by atoms with Gasteiger partial charge in [-0.2, -0.15) is 0 Å². The maximum atomic E-state index is 5.43. The molecule has 0 N–H and O–H groups in total. The Bertz CT molecular complexity index is 131. The van der Waals surface area contributed by atoms with Crippen molar-refractivity contribution in [3.8, 4) is 0 Å². The summed E-state index contributed by atoms with van der Waals surface area (Å²) in [5.74, 6) is 0.480. The number of ether oxygens (including phenoxy) is 3. The standard InChI is InChI=1S/C8H14O3/c1-9-7-5-11-8-6(7)3-2-4-10-8/h6-8H,2-5H2,1H3/t6?,7-,8+/m1/s1. The molecule has 0 aromatic carbocycles. The van der Waals surface area contributed by atoms with Gasteiger partial charge in [-0.05, 0) is 12.8 Å². The number of hydrogen-bond donors (Lipinski definition) is 0. The van der Waals surface area contributed by atoms with Crippen molar-refractivity contribution >= 4 is 0 Å². The van der Waals surface area contributed by atoms with Crippen LogP contribution in [0, 0.1) is 5.92 Å². The van der Waals surface area contributed by atoms with Crippen molar-refractivity contribution in [1.29, 1.82) is 0 Å². The van der Waals surface area contributed by atoms with Crippen LogP contribution in [0.4, 0.5) is 0 Å². The van der Waals surface area contributed by atoms with E-state index in [9.17, 15) is 0 Å². The lowest BCUT2D eigenvalue weighted by atomic mass is 9.97. The third-order valence-corrected chi connectivity index (χ3v) is 2.52. The summed E-state index contributed by atoms with van der Waals surface area (Å²) in [6.07, 6.45) is 2.61. The van der Waals surface area contributed by atoms with Crippen LogP contribution >= 0.6 is 0 Å². The summed E-state index contributed by atoms with van der Waals surface area (Å²) in [6.45, 7) is 1.55. The zero-order chi connectivity index (χ0) is 7.68. The van der Waals surface area contributed by atoms with Crippen LogP contribution in [0.15, 0.2) is 0 Å². The molecule has 3 atom stereocenters. The molecule has 0 radical (unpaired) electrons. The van der Waals surface area contributed by atoms with Gasteiger partial charge < -0.3 is 14.2 Å². The second-order valence-corrected chi connectivity index (χ2v) is 3.15. The summed E-state index contributed by atoms with van der Waals surface area (Å²) in [4.78, 5) is 0. The van der Waals surface area contributed by atoms with E-state index in [1.807, 2.05) is 0 Å². The predicted octanol–water partition coefficient (Wildman–Crippen LogP) is 0.784. The van der Waals surface area contributed by atoms with Gasteiger partial charge in [-0.15, -0.1) is 0 Å². The van der Waals surface area contributed by atoms with Gasteiger partial charge in [0.15, 0.2) is 6.29 Å². The molecule has 2 saturated heterocycles. The van der Waals surface area contributed by atoms with E-state index in [0.717, 1.165) is 13.0 Å². The minimum atomic E-state index is 0.0219. The molecule has 2 fully saturated rings. The zero-order valence-corrected chi connectivity index (χ0v) is 6.79. The van der Waals surface area contributed by atoms with Crippen LogP contribution in [0.3, 0.4) is 0 Å². The molecule has 2 heterocycles. The third-order valence-electron chi connectivity index (χ3n) is 2.52. The van der Waals surface area contributed by atoms with Gasteiger partial charge in [0.25, 0.3) is 0 Å². The Morgan fingerprint density at radius 3 is 3.09 bits per heavy atom. The van der Waals surface area contributed by atoms with Gasteiger partial charge in [-0.1, -0.05) is 0 Å². The fraction of sp³-hybridized carbons (Fsp3) is 1.00. The smallest absolute Gasteiger partial charge is 0.163 e. The van der Waals surface area contributed by atoms with Gasteiger partial charge in [0.1, 0.15) is 0 Å². The Morgan fingerprint density at radius 2 is 2.27 bits per heavy atom. The molecule has 3 nitrogen and oxygen atoms in total. The first-order chi connectivity index (χ1) is 5.42. The van der Waals surface area contributed by atoms with Crippen molar-refractivity contribution in [3.63, 3.8) is 0 Å². The van der Waals surface area contributed by atoms with E-state index in [1.54, 1.807) is 7.11 Å². The second kappa shape index (κ2) is 3.09. The van der Waals surface area contributed by atoms with E-state index in [1.165, 1.54) is 6.42 Å². The van der Waals surface area contributed by atoms with Gasteiger partial charge in [0.05, 0.1) is 12.7 Å². The Balaban J connectivity index is 1.98. The maximum Gasteiger partial charge on any atom is 0.163 e. The lowest BCUT2D eigenvalue weighted by Crippen LogP contribution is -2.31. The molecule has 0 aliphatic carbocycles. The van der Waals surface area contributed by atoms with Gasteiger partial charge >= 0.3 is 0 Å². The molecule has 3 heteroatoms. The summed E-state index contributed by atoms with van der Waals surface area (Å²) in [5, 5.41) is 0. The molecule has 0 saturated carbocycles. The molecule has 0 spiro atoms. The molecule has 0 bridgehead atoms. The highest BCUT2D eigenvalue weighted by atomic mass is 16.7. The Kier molecular flexibility index (Phi) is 2.11. The zero-order valence-electron chi connectivity index (χ0n) is 6.79. The Hall–Kier alpha value is -0.120. The largest absolute Gasteiger partial charge is 0.379 e. The van der Waals surface area contributed by atoms with Gasteiger partial charge in [-0.3, -0.25) is 0 Å². The highest BCUT2D eigenvalue weighted by Crippen LogP contribution is 2.31. The predicted molar refractivity (Wildman–Crippen MR) is 39.2 cm³/mol. The average Bonchev–Trinajstić information content (AvgIpc) is 2.47. The van der Waals surface area contributed by atoms with Crippen LogP contribution in [-0.4, -0.2) is 32.7 Å². The normalized spacial score (nSPS) is 43.9. The van der Waals surface area contributed by atoms with Crippen molar-refractivity contribution in [3.05, 3.63) is 0 Å². The third kappa shape index (κ3) is 1.28. The quantitative estimate of drug-likeness (QED) is 0.564. The molecular weight excluding hydrogens is 144 g/mol. The van der Waals surface area contributed by atoms with Crippen LogP contribution in [0.25, 0.3) is 0 Å². The molecule has 1 unspecified atom stereocenters. The number of rotatable bonds is 1. The van der Waals surface area contributed by atoms with E-state index in [2.05, 4.69) is 0 Å². The van der Waals surface area contributed by atoms with Crippen LogP contribution in [-0.2, 0) is 14.2 Å². The van der Waals surface area contributed by atoms with Crippen molar-refractivity contribution < 1.29 is 14.2 Å². The lowest BCUT2D eigenvalue weighted by molar-refractivity contribution is -0.152. The maximum absolute atomic E-state index is 5.43. The fourth-order valence-corrected chi connectivity index (χ4v) is 1.87. The summed E-state index contributed by atoms with van der Waals surface area (Å²) < 4.78 is 16.1. The van der Waals surface area contributed by atoms with E-state index < -0.39 is 0 Å². The molecule has 2 rings (SSSR count). The SMILES string of the molecule is CO[C@@H]1CO[C@@H]2OCCCC21. The molecular formula is C8H14O3. The van der Waals surface area contributed by atoms with Crippen molar-refractivity contribution in [2.75, 3.05) is 20.3 Å². The van der Waals surface area contributed by atoms with Gasteiger partial charge in [0, 0.05) is 19.6 Å². The Morgan fingerprint density at radius 1 is 1.36 bits per heavy atom. The van der Waals surface area contributed by atoms with Crippen LogP contribution < -0.4 is 0 Å². The van der Waals surface area contributed by atoms with Gasteiger partial charge in [0.2, 0.25) is 0 Å². The first-order valence-corrected chi connectivity index (χ1v) is 4.18. The van der Waals surface area contributed by atoms with E-state index >= 15 is 0 Å². The Labute approximate surface area is 66.6 Å². The molecule has 2 aliphatic heterocycles. The first-order valence-electron chi connectivity index (χ1n) is 4.18. The summed E-state index contributed by atoms with van der Waals surface area (Å²) >= 11 is 0. The van der Waals surface area contributed by atoms with E-state index in [4.69, 9.17) is 14.2 Å². The van der Waals surface area contributed by atoms with Crippen molar-refractivity contribution in [2.24, 2.45) is 5.92 Å². The van der Waals surface area contributed by atoms with Crippen LogP contribution in [0.1, 0.15) is 12.8 Å². The summed E-state index contributed by atoms with van der Waals surface area (Å²) in [7, 11) is 1.74. The van der Waals surface area contributed by atoms with E-state index in [0.29, 0.717) is 12.5 Å². The molecule has 64 valence electrons. The molecule has 0 amide bonds. The summed E-state index contributed by atoms with van der Waals surface area (Å²) in [5.41, 5.74) is 0. The first kappa shape index (κ1) is 7.53. The number of methoxy groups -OCH3 is 1. The fourth-order valence-electron chi connectivity index (χ4n) is 1.87. The summed E-state index contributed by atoms with van der Waals surface area (Å²) in [6, 6.07) is 0. The monoisotopic (exact) mass is 158 g/mol. The molecule has 0 aromatic heterocycles. The highest BCUT2D eigenvalue weighted by molar-refractivity contribution is 4.81. The molecule has 11 heavy (non-hydrogen) atoms. The molecule has 0 aromatic rings. The van der Waals surface area contributed by atoms with E-state index in [-0.39, 0.29) is 12.4 Å². The second-order valence-electron chi connectivity index (χ2n) is 3.15. The molecule has 2 aliphatic rings.